The number of fused-ring (bicyclic) bond motifs is 1. The highest BCUT2D eigenvalue weighted by Crippen LogP contribution is 2.59. The maximum absolute atomic E-state index is 15.0. The Morgan fingerprint density at radius 2 is 1.71 bits per heavy atom. The lowest BCUT2D eigenvalue weighted by molar-refractivity contribution is -0.211. The maximum Gasteiger partial charge on any atom is 0.338 e. The number of esters is 3. The Labute approximate surface area is 261 Å². The molecule has 0 N–H and O–H groups in total. The van der Waals surface area contributed by atoms with E-state index in [1.165, 1.54) is 44.2 Å². The van der Waals surface area contributed by atoms with E-state index < -0.39 is 82.5 Å². The summed E-state index contributed by atoms with van der Waals surface area (Å²) in [5.41, 5.74) is 0.0203. The van der Waals surface area contributed by atoms with Crippen molar-refractivity contribution in [2.24, 2.45) is 53.3 Å². The average Bonchev–Trinajstić information content (AvgIpc) is 3.58. The monoisotopic (exact) mass is 649 g/mol. The quantitative estimate of drug-likeness (QED) is 0.150. The van der Waals surface area contributed by atoms with Gasteiger partial charge in [0.05, 0.1) is 39.4 Å². The fourth-order valence-electron chi connectivity index (χ4n) is 9.42. The van der Waals surface area contributed by atoms with Crippen LogP contribution in [0.5, 0.6) is 5.75 Å². The highest BCUT2D eigenvalue weighted by Gasteiger charge is 2.70. The molecule has 1 aliphatic heterocycles. The molecule has 246 valence electrons. The van der Waals surface area contributed by atoms with Gasteiger partial charge in [-0.15, -0.1) is 0 Å². The molecule has 0 spiro atoms. The Morgan fingerprint density at radius 1 is 1.02 bits per heavy atom. The summed E-state index contributed by atoms with van der Waals surface area (Å²) in [4.78, 5) is 38.9. The number of carbonyl (C=O) groups is 3. The Kier molecular flexibility index (Phi) is 7.88. The van der Waals surface area contributed by atoms with Gasteiger partial charge >= 0.3 is 17.9 Å². The van der Waals surface area contributed by atoms with Crippen molar-refractivity contribution >= 4 is 28.0 Å². The van der Waals surface area contributed by atoms with E-state index in [-0.39, 0.29) is 29.3 Å². The van der Waals surface area contributed by atoms with Gasteiger partial charge in [-0.25, -0.2) is 17.6 Å². The van der Waals surface area contributed by atoms with Gasteiger partial charge in [-0.2, -0.15) is 0 Å². The van der Waals surface area contributed by atoms with E-state index in [1.807, 2.05) is 13.8 Å². The van der Waals surface area contributed by atoms with Gasteiger partial charge in [0.2, 0.25) is 6.29 Å². The van der Waals surface area contributed by atoms with Crippen molar-refractivity contribution in [1.82, 2.24) is 0 Å². The number of rotatable bonds is 11. The molecular weight excluding hydrogens is 611 g/mol. The molecule has 45 heavy (non-hydrogen) atoms. The van der Waals surface area contributed by atoms with Crippen LogP contribution in [-0.2, 0) is 38.7 Å². The molecule has 11 nitrogen and oxygen atoms in total. The smallest absolute Gasteiger partial charge is 0.338 e. The number of hydrogen-bond acceptors (Lipinski definition) is 11. The van der Waals surface area contributed by atoms with E-state index in [1.54, 1.807) is 0 Å². The van der Waals surface area contributed by atoms with Gasteiger partial charge in [-0.1, -0.05) is 13.8 Å². The Balaban J connectivity index is 1.03. The second kappa shape index (κ2) is 11.5. The summed E-state index contributed by atoms with van der Waals surface area (Å²) < 4.78 is 76.7. The predicted molar refractivity (Wildman–Crippen MR) is 151 cm³/mol. The van der Waals surface area contributed by atoms with Crippen LogP contribution in [0.2, 0.25) is 0 Å². The molecule has 1 heterocycles. The molecule has 8 rings (SSSR count). The molecule has 7 fully saturated rings. The van der Waals surface area contributed by atoms with Crippen LogP contribution >= 0.6 is 0 Å². The minimum absolute atomic E-state index is 0.0203. The van der Waals surface area contributed by atoms with Crippen LogP contribution in [0, 0.1) is 59.1 Å². The highest BCUT2D eigenvalue weighted by atomic mass is 32.2. The SMILES string of the molecule is CC(C)C(Oc1cc(C(=O)OC2C3CC4C2OC(=O)C4C3C(=O)OCCS(=O)(=O)[O-])ccc1F)OC1C2CC3CC(C2)CC1C3. The van der Waals surface area contributed by atoms with Gasteiger partial charge in [0, 0.05) is 17.8 Å². The minimum Gasteiger partial charge on any atom is -0.748 e. The normalized spacial score (nSPS) is 38.0. The van der Waals surface area contributed by atoms with Gasteiger partial charge in [0.25, 0.3) is 0 Å². The van der Waals surface area contributed by atoms with Crippen LogP contribution in [0.1, 0.15) is 62.7 Å². The highest BCUT2D eigenvalue weighted by molar-refractivity contribution is 7.85. The van der Waals surface area contributed by atoms with Crippen LogP contribution in [0.4, 0.5) is 4.39 Å². The summed E-state index contributed by atoms with van der Waals surface area (Å²) in [5, 5.41) is 0. The average molecular weight is 650 g/mol. The first-order valence-corrected chi connectivity index (χ1v) is 17.6. The van der Waals surface area contributed by atoms with Crippen LogP contribution in [0.25, 0.3) is 0 Å². The van der Waals surface area contributed by atoms with Crippen molar-refractivity contribution in [3.8, 4) is 5.75 Å². The first kappa shape index (κ1) is 30.9. The first-order valence-electron chi connectivity index (χ1n) is 16.0. The first-order chi connectivity index (χ1) is 21.4. The van der Waals surface area contributed by atoms with Gasteiger partial charge in [0.15, 0.2) is 11.6 Å². The zero-order valence-electron chi connectivity index (χ0n) is 25.2. The Morgan fingerprint density at radius 3 is 2.36 bits per heavy atom. The Bertz CT molecular complexity index is 1450. The van der Waals surface area contributed by atoms with Crippen LogP contribution in [-0.4, -0.2) is 67.8 Å². The van der Waals surface area contributed by atoms with Crippen molar-refractivity contribution < 1.29 is 55.4 Å². The van der Waals surface area contributed by atoms with Crippen molar-refractivity contribution in [3.05, 3.63) is 29.6 Å². The fraction of sp³-hybridized carbons (Fsp3) is 0.719. The second-order valence-electron chi connectivity index (χ2n) is 14.2. The minimum atomic E-state index is -4.60. The van der Waals surface area contributed by atoms with Gasteiger partial charge < -0.3 is 28.2 Å². The third kappa shape index (κ3) is 5.73. The molecule has 1 aromatic carbocycles. The lowest BCUT2D eigenvalue weighted by Gasteiger charge is -2.54. The van der Waals surface area contributed by atoms with Crippen molar-refractivity contribution in [3.63, 3.8) is 0 Å². The van der Waals surface area contributed by atoms with Crippen molar-refractivity contribution in [1.29, 1.82) is 0 Å². The summed E-state index contributed by atoms with van der Waals surface area (Å²) in [6, 6.07) is 3.68. The summed E-state index contributed by atoms with van der Waals surface area (Å²) in [6.45, 7) is 3.25. The fourth-order valence-corrected chi connectivity index (χ4v) is 9.71. The largest absolute Gasteiger partial charge is 0.748 e. The topological polar surface area (TPSA) is 155 Å². The molecule has 0 amide bonds. The number of ether oxygens (including phenoxy) is 5. The number of carbonyl (C=O) groups excluding carboxylic acids is 3. The zero-order valence-corrected chi connectivity index (χ0v) is 26.0. The van der Waals surface area contributed by atoms with Gasteiger partial charge in [0.1, 0.15) is 18.8 Å². The Hall–Kier alpha value is -2.77. The number of halogens is 1. The van der Waals surface area contributed by atoms with E-state index in [9.17, 15) is 27.4 Å². The van der Waals surface area contributed by atoms with Gasteiger partial charge in [-0.05, 0) is 80.4 Å². The molecular formula is C32H38FO11S-. The third-order valence-corrected chi connectivity index (χ3v) is 11.7. The lowest BCUT2D eigenvalue weighted by atomic mass is 9.55. The molecule has 6 saturated carbocycles. The molecule has 6 aliphatic carbocycles. The van der Waals surface area contributed by atoms with E-state index in [0.717, 1.165) is 17.9 Å². The van der Waals surface area contributed by atoms with E-state index in [4.69, 9.17) is 23.7 Å². The predicted octanol–water partition coefficient (Wildman–Crippen LogP) is 3.45. The van der Waals surface area contributed by atoms with E-state index >= 15 is 4.39 Å². The summed E-state index contributed by atoms with van der Waals surface area (Å²) in [7, 11) is -4.60. The van der Waals surface area contributed by atoms with Crippen LogP contribution < -0.4 is 4.74 Å². The molecule has 7 aliphatic rings. The molecule has 0 aromatic heterocycles. The van der Waals surface area contributed by atoms with Crippen LogP contribution in [0.15, 0.2) is 18.2 Å². The molecule has 0 radical (unpaired) electrons. The molecule has 1 aromatic rings. The summed E-state index contributed by atoms with van der Waals surface area (Å²) in [6.07, 6.45) is 4.02. The molecule has 6 bridgehead atoms. The standard InChI is InChI=1S/C32H39FO11S/c1-14(2)32(44-26-18-8-15-7-16(10-18)11-19(26)9-15)41-23-12-17(3-4-22(23)33)29(34)42-27-20-13-21-25(31(36)43-28(21)27)24(20)30(35)40-5-6-45(37,38)39/h3-4,12,14-16,18-21,24-28,32H,5-11,13H2,1-2H3,(H,37,38,39)/p-1. The molecule has 7 atom stereocenters. The van der Waals surface area contributed by atoms with Crippen molar-refractivity contribution in [2.75, 3.05) is 12.4 Å². The molecule has 1 saturated heterocycles. The van der Waals surface area contributed by atoms with Crippen molar-refractivity contribution in [2.45, 2.75) is 77.0 Å². The molecule has 7 unspecified atom stereocenters. The van der Waals surface area contributed by atoms with Crippen LogP contribution in [0.3, 0.4) is 0 Å². The zero-order chi connectivity index (χ0) is 31.8. The number of hydrogen-bond donors (Lipinski definition) is 0. The number of benzene rings is 1. The summed E-state index contributed by atoms with van der Waals surface area (Å²) >= 11 is 0. The lowest BCUT2D eigenvalue weighted by Crippen LogP contribution is -2.51. The van der Waals surface area contributed by atoms with E-state index in [2.05, 4.69) is 0 Å². The maximum atomic E-state index is 15.0. The summed E-state index contributed by atoms with van der Waals surface area (Å²) in [5.74, 6) is -4.25. The van der Waals surface area contributed by atoms with E-state index in [0.29, 0.717) is 18.3 Å². The van der Waals surface area contributed by atoms with Gasteiger partial charge in [-0.3, -0.25) is 9.59 Å². The second-order valence-corrected chi connectivity index (χ2v) is 15.7. The molecule has 13 heteroatoms. The third-order valence-electron chi connectivity index (χ3n) is 11.0.